The summed E-state index contributed by atoms with van der Waals surface area (Å²) in [5, 5.41) is 15.1. The van der Waals surface area contributed by atoms with Crippen molar-refractivity contribution in [3.8, 4) is 0 Å². The molecule has 0 spiro atoms. The summed E-state index contributed by atoms with van der Waals surface area (Å²) in [6.45, 7) is 5.27. The van der Waals surface area contributed by atoms with Crippen LogP contribution in [0.3, 0.4) is 0 Å². The average Bonchev–Trinajstić information content (AvgIpc) is 3.16. The van der Waals surface area contributed by atoms with Gasteiger partial charge < -0.3 is 9.84 Å². The summed E-state index contributed by atoms with van der Waals surface area (Å²) < 4.78 is 8.38. The van der Waals surface area contributed by atoms with Gasteiger partial charge in [-0.25, -0.2) is 0 Å². The first-order chi connectivity index (χ1) is 10.2. The first-order valence-corrected chi connectivity index (χ1v) is 6.78. The van der Waals surface area contributed by atoms with Gasteiger partial charge in [-0.15, -0.1) is 0 Å². The van der Waals surface area contributed by atoms with Crippen LogP contribution in [0.5, 0.6) is 0 Å². The van der Waals surface area contributed by atoms with Gasteiger partial charge in [-0.1, -0.05) is 5.16 Å². The number of anilines is 1. The standard InChI is InChI=1S/C13H16N6O2/c1-3-18-10-8-14-19(13(10)9(2)16-18)6-4-12(20)15-11-5-7-21-17-11/h5,7-8H,3-4,6H2,1-2H3,(H,15,17,20). The Morgan fingerprint density at radius 2 is 2.29 bits per heavy atom. The fourth-order valence-electron chi connectivity index (χ4n) is 2.32. The lowest BCUT2D eigenvalue weighted by atomic mass is 10.3. The van der Waals surface area contributed by atoms with Crippen LogP contribution in [0.4, 0.5) is 5.82 Å². The van der Waals surface area contributed by atoms with E-state index >= 15 is 0 Å². The fourth-order valence-corrected chi connectivity index (χ4v) is 2.32. The van der Waals surface area contributed by atoms with Gasteiger partial charge in [0.1, 0.15) is 17.3 Å². The smallest absolute Gasteiger partial charge is 0.227 e. The molecule has 0 aromatic carbocycles. The van der Waals surface area contributed by atoms with E-state index in [1.165, 1.54) is 6.26 Å². The van der Waals surface area contributed by atoms with Crippen LogP contribution in [-0.2, 0) is 17.9 Å². The lowest BCUT2D eigenvalue weighted by Gasteiger charge is -2.03. The number of aromatic nitrogens is 5. The molecule has 8 heteroatoms. The van der Waals surface area contributed by atoms with Crippen molar-refractivity contribution in [2.75, 3.05) is 5.32 Å². The number of hydrogen-bond donors (Lipinski definition) is 1. The Hall–Kier alpha value is -2.64. The maximum absolute atomic E-state index is 11.8. The number of carbonyl (C=O) groups is 1. The first-order valence-electron chi connectivity index (χ1n) is 6.78. The molecule has 0 saturated heterocycles. The number of aryl methyl sites for hydroxylation is 3. The highest BCUT2D eigenvalue weighted by atomic mass is 16.5. The van der Waals surface area contributed by atoms with Crippen molar-refractivity contribution in [3.05, 3.63) is 24.2 Å². The molecule has 0 bridgehead atoms. The van der Waals surface area contributed by atoms with Crippen LogP contribution in [0.25, 0.3) is 11.0 Å². The molecule has 1 amide bonds. The van der Waals surface area contributed by atoms with E-state index in [2.05, 4.69) is 25.2 Å². The van der Waals surface area contributed by atoms with Gasteiger partial charge in [-0.2, -0.15) is 10.2 Å². The van der Waals surface area contributed by atoms with Crippen LogP contribution in [0.15, 0.2) is 23.0 Å². The third kappa shape index (κ3) is 2.51. The van der Waals surface area contributed by atoms with Gasteiger partial charge in [0, 0.05) is 19.0 Å². The largest absolute Gasteiger partial charge is 0.363 e. The van der Waals surface area contributed by atoms with Crippen LogP contribution < -0.4 is 5.32 Å². The van der Waals surface area contributed by atoms with Crippen LogP contribution in [-0.4, -0.2) is 30.6 Å². The van der Waals surface area contributed by atoms with Gasteiger partial charge in [0.2, 0.25) is 5.91 Å². The molecule has 0 aliphatic heterocycles. The van der Waals surface area contributed by atoms with E-state index in [4.69, 9.17) is 0 Å². The van der Waals surface area contributed by atoms with Crippen molar-refractivity contribution >= 4 is 22.8 Å². The molecule has 0 fully saturated rings. The minimum absolute atomic E-state index is 0.131. The van der Waals surface area contributed by atoms with Crippen molar-refractivity contribution in [2.45, 2.75) is 33.4 Å². The van der Waals surface area contributed by atoms with Crippen LogP contribution in [0.2, 0.25) is 0 Å². The van der Waals surface area contributed by atoms with Crippen molar-refractivity contribution in [1.82, 2.24) is 24.7 Å². The van der Waals surface area contributed by atoms with Crippen molar-refractivity contribution in [2.24, 2.45) is 0 Å². The quantitative estimate of drug-likeness (QED) is 0.769. The highest BCUT2D eigenvalue weighted by Gasteiger charge is 2.13. The van der Waals surface area contributed by atoms with Gasteiger partial charge in [0.25, 0.3) is 0 Å². The number of carbonyl (C=O) groups excluding carboxylic acids is 1. The number of fused-ring (bicyclic) bond motifs is 1. The summed E-state index contributed by atoms with van der Waals surface area (Å²) in [5.74, 6) is 0.286. The number of amides is 1. The zero-order valence-corrected chi connectivity index (χ0v) is 11.9. The Bertz CT molecular complexity index is 755. The molecule has 0 aliphatic carbocycles. The van der Waals surface area contributed by atoms with E-state index in [9.17, 15) is 4.79 Å². The van der Waals surface area contributed by atoms with Crippen LogP contribution in [0, 0.1) is 6.92 Å². The van der Waals surface area contributed by atoms with Crippen LogP contribution in [0.1, 0.15) is 19.0 Å². The number of rotatable bonds is 5. The highest BCUT2D eigenvalue weighted by molar-refractivity contribution is 5.89. The third-order valence-electron chi connectivity index (χ3n) is 3.27. The van der Waals surface area contributed by atoms with E-state index < -0.39 is 0 Å². The summed E-state index contributed by atoms with van der Waals surface area (Å²) >= 11 is 0. The van der Waals surface area contributed by atoms with E-state index in [1.54, 1.807) is 12.3 Å². The third-order valence-corrected chi connectivity index (χ3v) is 3.27. The molecule has 0 radical (unpaired) electrons. The predicted molar refractivity (Wildman–Crippen MR) is 75.7 cm³/mol. The second kappa shape index (κ2) is 5.39. The number of nitrogens with one attached hydrogen (secondary N) is 1. The maximum atomic E-state index is 11.8. The molecule has 0 aliphatic rings. The molecule has 3 aromatic rings. The highest BCUT2D eigenvalue weighted by Crippen LogP contribution is 2.18. The molecular formula is C13H16N6O2. The normalized spacial score (nSPS) is 11.1. The van der Waals surface area contributed by atoms with E-state index in [0.717, 1.165) is 23.3 Å². The Morgan fingerprint density at radius 3 is 3.00 bits per heavy atom. The lowest BCUT2D eigenvalue weighted by molar-refractivity contribution is -0.116. The molecule has 0 saturated carbocycles. The molecular weight excluding hydrogens is 272 g/mol. The molecule has 0 unspecified atom stereocenters. The molecule has 3 heterocycles. The van der Waals surface area contributed by atoms with E-state index in [0.29, 0.717) is 18.8 Å². The second-order valence-electron chi connectivity index (χ2n) is 4.69. The predicted octanol–water partition coefficient (Wildman–Crippen LogP) is 1.58. The molecule has 0 atom stereocenters. The van der Waals surface area contributed by atoms with Gasteiger partial charge in [0.05, 0.1) is 18.4 Å². The molecule has 3 rings (SSSR count). The summed E-state index contributed by atoms with van der Waals surface area (Å²) in [6.07, 6.45) is 3.50. The summed E-state index contributed by atoms with van der Waals surface area (Å²) in [4.78, 5) is 11.8. The average molecular weight is 288 g/mol. The topological polar surface area (TPSA) is 90.8 Å². The minimum atomic E-state index is -0.131. The van der Waals surface area contributed by atoms with Gasteiger partial charge in [0.15, 0.2) is 5.82 Å². The maximum Gasteiger partial charge on any atom is 0.227 e. The lowest BCUT2D eigenvalue weighted by Crippen LogP contribution is -2.15. The summed E-state index contributed by atoms with van der Waals surface area (Å²) in [5.41, 5.74) is 2.89. The molecule has 1 N–H and O–H groups in total. The molecule has 3 aromatic heterocycles. The Kier molecular flexibility index (Phi) is 3.43. The van der Waals surface area contributed by atoms with Gasteiger partial charge in [-0.3, -0.25) is 14.2 Å². The Labute approximate surface area is 120 Å². The van der Waals surface area contributed by atoms with Gasteiger partial charge in [-0.05, 0) is 13.8 Å². The van der Waals surface area contributed by atoms with Gasteiger partial charge >= 0.3 is 0 Å². The van der Waals surface area contributed by atoms with Crippen molar-refractivity contribution in [3.63, 3.8) is 0 Å². The van der Waals surface area contributed by atoms with E-state index in [-0.39, 0.29) is 5.91 Å². The monoisotopic (exact) mass is 288 g/mol. The fraction of sp³-hybridized carbons (Fsp3) is 0.385. The van der Waals surface area contributed by atoms with Crippen molar-refractivity contribution < 1.29 is 9.32 Å². The molecule has 21 heavy (non-hydrogen) atoms. The Balaban J connectivity index is 1.71. The summed E-state index contributed by atoms with van der Waals surface area (Å²) in [7, 11) is 0. The Morgan fingerprint density at radius 1 is 1.43 bits per heavy atom. The number of hydrogen-bond acceptors (Lipinski definition) is 5. The van der Waals surface area contributed by atoms with Crippen molar-refractivity contribution in [1.29, 1.82) is 0 Å². The number of nitrogens with zero attached hydrogens (tertiary/aromatic N) is 5. The zero-order chi connectivity index (χ0) is 14.8. The minimum Gasteiger partial charge on any atom is -0.363 e. The first kappa shape index (κ1) is 13.3. The molecule has 110 valence electrons. The van der Waals surface area contributed by atoms with E-state index in [1.807, 2.05) is 23.2 Å². The summed E-state index contributed by atoms with van der Waals surface area (Å²) in [6, 6.07) is 1.60. The SMILES string of the molecule is CCn1nc(C)c2c1cnn2CCC(=O)Nc1ccon1. The van der Waals surface area contributed by atoms with Crippen LogP contribution >= 0.6 is 0 Å². The zero-order valence-electron chi connectivity index (χ0n) is 11.9. The molecule has 8 nitrogen and oxygen atoms in total. The second-order valence-corrected chi connectivity index (χ2v) is 4.69.